The molecule has 29 nitrogen and oxygen atoms in total. The molecule has 354 valence electrons. The minimum Gasteiger partial charge on any atom is -0.386 e. The van der Waals surface area contributed by atoms with Crippen LogP contribution < -0.4 is 27.8 Å². The number of aromatic nitrogens is 4. The van der Waals surface area contributed by atoms with E-state index < -0.39 is 90.6 Å². The Bertz CT molecular complexity index is 2140. The van der Waals surface area contributed by atoms with Gasteiger partial charge in [0.05, 0.1) is 19.5 Å². The largest absolute Gasteiger partial charge is 0.481 e. The quantitative estimate of drug-likeness (QED) is 0.0159. The lowest BCUT2D eigenvalue weighted by molar-refractivity contribution is -0.146. The Labute approximate surface area is 362 Å². The molecule has 14 N–H and O–H groups in total. The Kier molecular flexibility index (Phi) is 18.1. The van der Waals surface area contributed by atoms with Crippen molar-refractivity contribution >= 4 is 81.0 Å². The number of phosphoric ester groups is 3. The van der Waals surface area contributed by atoms with Gasteiger partial charge in [-0.3, -0.25) is 42.3 Å². The van der Waals surface area contributed by atoms with Crippen molar-refractivity contribution in [2.75, 3.05) is 50.9 Å². The number of aliphatic hydroxyl groups is 2. The van der Waals surface area contributed by atoms with Crippen molar-refractivity contribution in [2.24, 2.45) is 21.9 Å². The van der Waals surface area contributed by atoms with Gasteiger partial charge in [0.1, 0.15) is 42.3 Å². The second-order valence-corrected chi connectivity index (χ2v) is 19.9. The van der Waals surface area contributed by atoms with E-state index in [2.05, 4.69) is 39.4 Å². The summed E-state index contributed by atoms with van der Waals surface area (Å²) in [4.78, 5) is 106. The van der Waals surface area contributed by atoms with Crippen LogP contribution in [0.4, 0.5) is 5.82 Å². The van der Waals surface area contributed by atoms with E-state index in [9.17, 15) is 62.7 Å². The number of likely N-dealkylation sites (tertiary alicyclic amines) is 1. The van der Waals surface area contributed by atoms with Gasteiger partial charge in [-0.15, -0.1) is 0 Å². The molecule has 0 aromatic carbocycles. The maximum atomic E-state index is 12.8. The normalized spacial score (nSPS) is 22.1. The molecule has 63 heavy (non-hydrogen) atoms. The number of carbonyl (C=O) groups is 4. The molecule has 0 saturated carbocycles. The number of β-lactam (4-membered cyclic amide) rings is 1. The summed E-state index contributed by atoms with van der Waals surface area (Å²) in [5.41, 5.74) is 14.8. The highest BCUT2D eigenvalue weighted by Crippen LogP contribution is 2.61. The van der Waals surface area contributed by atoms with E-state index in [-0.39, 0.29) is 59.2 Å². The number of hydrogen-bond acceptors (Lipinski definition) is 20. The minimum atomic E-state index is -5.60. The molecule has 3 amide bonds. The number of phosphoric acid groups is 3. The topological polar surface area (TPSA) is 448 Å². The number of aliphatic imine (C=N–C) groups is 1. The van der Waals surface area contributed by atoms with Gasteiger partial charge >= 0.3 is 23.5 Å². The van der Waals surface area contributed by atoms with Crippen LogP contribution in [0, 0.1) is 5.41 Å². The molecule has 4 rings (SSSR count). The number of ether oxygens (including phenoxy) is 1. The molecule has 2 aromatic heterocycles. The van der Waals surface area contributed by atoms with Crippen molar-refractivity contribution in [3.05, 3.63) is 12.7 Å². The van der Waals surface area contributed by atoms with Gasteiger partial charge in [0.15, 0.2) is 23.7 Å². The second kappa shape index (κ2) is 22.0. The number of nitrogens with zero attached hydrogens (tertiary/aromatic N) is 6. The lowest BCUT2D eigenvalue weighted by Crippen LogP contribution is -2.52. The molecule has 0 aliphatic carbocycles. The fraction of sp³-hybridized carbons (Fsp3) is 0.667. The zero-order valence-electron chi connectivity index (χ0n) is 33.6. The van der Waals surface area contributed by atoms with E-state index in [0.717, 1.165) is 29.0 Å². The Morgan fingerprint density at radius 1 is 1.08 bits per heavy atom. The number of rotatable bonds is 25. The molecular formula is C30H50N11O18P3S. The highest BCUT2D eigenvalue weighted by molar-refractivity contribution is 8.13. The van der Waals surface area contributed by atoms with E-state index >= 15 is 0 Å². The number of aliphatic hydroxyl groups excluding tert-OH is 2. The SMILES string of the molecule is CC(C)(COP(=O)(O)OP(=O)(O)OCC1OC(n2cnc3c(N)ncnc32)C(O)C1OP(=O)(O)O)C(O)C(=O)NCCC(=O)NCCSC(=O)C(CCCN=C(N)N)N1CCC1=O. The van der Waals surface area contributed by atoms with E-state index in [0.29, 0.717) is 32.4 Å². The third-order valence-electron chi connectivity index (χ3n) is 9.21. The summed E-state index contributed by atoms with van der Waals surface area (Å²) in [6.45, 7) is 0.974. The summed E-state index contributed by atoms with van der Waals surface area (Å²) < 4.78 is 62.3. The van der Waals surface area contributed by atoms with Gasteiger partial charge in [0, 0.05) is 50.2 Å². The Morgan fingerprint density at radius 3 is 2.41 bits per heavy atom. The second-order valence-electron chi connectivity index (χ2n) is 14.5. The van der Waals surface area contributed by atoms with Crippen LogP contribution in [0.25, 0.3) is 11.2 Å². The van der Waals surface area contributed by atoms with Gasteiger partial charge in [0.25, 0.3) is 0 Å². The number of amides is 3. The van der Waals surface area contributed by atoms with Crippen LogP contribution in [-0.4, -0.2) is 159 Å². The molecule has 2 aromatic rings. The lowest BCUT2D eigenvalue weighted by Gasteiger charge is -2.37. The number of nitrogen functional groups attached to an aromatic ring is 1. The van der Waals surface area contributed by atoms with Crippen molar-refractivity contribution in [1.29, 1.82) is 0 Å². The highest BCUT2D eigenvalue weighted by atomic mass is 32.2. The maximum Gasteiger partial charge on any atom is 0.481 e. The standard InChI is InChI=1S/C30H50N11O18P3S/c1-30(2,23(45)26(46)35-8-5-18(42)34-9-11-63-28(47)16(40-10-6-19(40)43)4-3-7-36-29(32)33)13-56-62(53,54)59-61(51,52)55-12-17-22(58-60(48,49)50)21(44)27(57-17)41-15-39-20-24(31)37-14-38-25(20)41/h14-17,21-23,27,44-45H,3-13H2,1-2H3,(H,34,42)(H,35,46)(H,51,52)(H,53,54)(H2,31,37,38)(H4,32,33,36)(H2,48,49,50). The number of guanidine groups is 1. The van der Waals surface area contributed by atoms with Crippen LogP contribution in [-0.2, 0) is 55.5 Å². The fourth-order valence-corrected chi connectivity index (χ4v) is 9.61. The van der Waals surface area contributed by atoms with Crippen molar-refractivity contribution in [3.8, 4) is 0 Å². The molecule has 0 spiro atoms. The van der Waals surface area contributed by atoms with Gasteiger partial charge in [-0.1, -0.05) is 25.6 Å². The van der Waals surface area contributed by atoms with Crippen LogP contribution in [0.1, 0.15) is 45.8 Å². The zero-order valence-corrected chi connectivity index (χ0v) is 37.1. The molecule has 4 heterocycles. The number of thioether (sulfide) groups is 1. The molecule has 8 unspecified atom stereocenters. The van der Waals surface area contributed by atoms with Crippen LogP contribution >= 0.6 is 35.2 Å². The molecular weight excluding hydrogens is 927 g/mol. The monoisotopic (exact) mass is 977 g/mol. The number of hydrogen-bond donors (Lipinski definition) is 11. The summed E-state index contributed by atoms with van der Waals surface area (Å²) in [7, 11) is -16.5. The minimum absolute atomic E-state index is 0.0194. The summed E-state index contributed by atoms with van der Waals surface area (Å²) in [5, 5.41) is 26.2. The first kappa shape index (κ1) is 51.9. The van der Waals surface area contributed by atoms with Crippen LogP contribution in [0.5, 0.6) is 0 Å². The molecule has 33 heteroatoms. The molecule has 2 aliphatic heterocycles. The summed E-state index contributed by atoms with van der Waals surface area (Å²) in [6, 6.07) is -0.654. The Morgan fingerprint density at radius 2 is 1.78 bits per heavy atom. The number of anilines is 1. The predicted molar refractivity (Wildman–Crippen MR) is 217 cm³/mol. The van der Waals surface area contributed by atoms with Crippen molar-refractivity contribution in [3.63, 3.8) is 0 Å². The van der Waals surface area contributed by atoms with Crippen molar-refractivity contribution in [2.45, 2.75) is 76.2 Å². The zero-order chi connectivity index (χ0) is 46.9. The summed E-state index contributed by atoms with van der Waals surface area (Å²) in [6.07, 6.45) is -5.93. The molecule has 0 bridgehead atoms. The lowest BCUT2D eigenvalue weighted by atomic mass is 9.87. The average molecular weight is 978 g/mol. The van der Waals surface area contributed by atoms with E-state index in [1.165, 1.54) is 18.7 Å². The van der Waals surface area contributed by atoms with Crippen LogP contribution in [0.15, 0.2) is 17.6 Å². The first-order valence-corrected chi connectivity index (χ1v) is 24.2. The molecule has 8 atom stereocenters. The number of nitrogens with one attached hydrogen (secondary N) is 2. The van der Waals surface area contributed by atoms with E-state index in [1.807, 2.05) is 0 Å². The summed E-state index contributed by atoms with van der Waals surface area (Å²) in [5.74, 6) is -1.60. The highest BCUT2D eigenvalue weighted by Gasteiger charge is 2.50. The van der Waals surface area contributed by atoms with E-state index in [1.54, 1.807) is 0 Å². The smallest absolute Gasteiger partial charge is 0.386 e. The average Bonchev–Trinajstić information content (AvgIpc) is 3.74. The number of fused-ring (bicyclic) bond motifs is 1. The van der Waals surface area contributed by atoms with Gasteiger partial charge in [-0.25, -0.2) is 28.6 Å². The first-order valence-electron chi connectivity index (χ1n) is 18.7. The number of nitrogens with two attached hydrogens (primary N) is 3. The molecule has 0 radical (unpaired) electrons. The van der Waals surface area contributed by atoms with Crippen molar-refractivity contribution in [1.82, 2.24) is 35.1 Å². The number of carbonyl (C=O) groups excluding carboxylic acids is 4. The van der Waals surface area contributed by atoms with Crippen LogP contribution in [0.2, 0.25) is 0 Å². The third-order valence-corrected chi connectivity index (χ3v) is 13.3. The molecule has 2 saturated heterocycles. The van der Waals surface area contributed by atoms with Gasteiger partial charge in [0.2, 0.25) is 22.8 Å². The molecule has 2 aliphatic rings. The molecule has 2 fully saturated rings. The Balaban J connectivity index is 1.20. The maximum absolute atomic E-state index is 12.8. The third kappa shape index (κ3) is 15.2. The van der Waals surface area contributed by atoms with Gasteiger partial charge < -0.3 is 67.3 Å². The van der Waals surface area contributed by atoms with Crippen LogP contribution in [0.3, 0.4) is 0 Å². The van der Waals surface area contributed by atoms with E-state index in [4.69, 9.17) is 31.0 Å². The van der Waals surface area contributed by atoms with Gasteiger partial charge in [-0.2, -0.15) is 4.31 Å². The van der Waals surface area contributed by atoms with Crippen molar-refractivity contribution < 1.29 is 85.3 Å². The number of imidazole rings is 1. The predicted octanol–water partition coefficient (Wildman–Crippen LogP) is -2.68. The Hall–Kier alpha value is -3.70. The summed E-state index contributed by atoms with van der Waals surface area (Å²) >= 11 is 0.943. The first-order chi connectivity index (χ1) is 29.3. The fourth-order valence-electron chi connectivity index (χ4n) is 5.93. The van der Waals surface area contributed by atoms with Gasteiger partial charge in [-0.05, 0) is 12.8 Å².